The van der Waals surface area contributed by atoms with Crippen LogP contribution in [0, 0.1) is 12.7 Å². The number of aliphatic hydroxyl groups excluding tert-OH is 1. The molecule has 4 rings (SSSR count). The molecule has 1 N–H and O–H groups in total. The fraction of sp³-hybridized carbons (Fsp3) is 0.214. The Bertz CT molecular complexity index is 1390. The number of nitrogens with zero attached hydrogens (tertiary/aromatic N) is 1. The van der Waals surface area contributed by atoms with Crippen LogP contribution in [-0.2, 0) is 9.59 Å². The summed E-state index contributed by atoms with van der Waals surface area (Å²) in [6, 6.07) is 12.2. The molecule has 1 fully saturated rings. The molecule has 0 aromatic heterocycles. The molecule has 0 aliphatic carbocycles. The maximum Gasteiger partial charge on any atom is 0.300 e. The van der Waals surface area contributed by atoms with Gasteiger partial charge in [0.25, 0.3) is 11.7 Å². The van der Waals surface area contributed by atoms with E-state index in [1.54, 1.807) is 37.3 Å². The number of ether oxygens (including phenoxy) is 4. The van der Waals surface area contributed by atoms with Gasteiger partial charge >= 0.3 is 0 Å². The lowest BCUT2D eigenvalue weighted by Crippen LogP contribution is -2.29. The van der Waals surface area contributed by atoms with E-state index in [1.807, 2.05) is 0 Å². The molecule has 1 saturated heterocycles. The molecule has 192 valence electrons. The van der Waals surface area contributed by atoms with E-state index in [4.69, 9.17) is 18.9 Å². The summed E-state index contributed by atoms with van der Waals surface area (Å²) < 4.78 is 35.8. The Hall–Kier alpha value is -4.53. The van der Waals surface area contributed by atoms with Crippen LogP contribution in [0.25, 0.3) is 5.76 Å². The number of Topliss-reactive ketones (excluding diaryl/α,β-unsaturated/α-hetero) is 1. The summed E-state index contributed by atoms with van der Waals surface area (Å²) in [5.74, 6) is -1.36. The highest BCUT2D eigenvalue weighted by atomic mass is 19.1. The number of carbonyl (C=O) groups is 2. The number of hydrogen-bond donors (Lipinski definition) is 1. The van der Waals surface area contributed by atoms with Crippen molar-refractivity contribution < 1.29 is 38.0 Å². The number of halogens is 1. The van der Waals surface area contributed by atoms with Crippen molar-refractivity contribution in [2.24, 2.45) is 0 Å². The third kappa shape index (κ3) is 4.44. The van der Waals surface area contributed by atoms with Crippen molar-refractivity contribution in [2.75, 3.05) is 33.3 Å². The SMILES string of the molecule is COc1ccc(/C(O)=C2\C(=O)C(=O)N(c3cccc(F)c3)C2c2cc(OC)c(OC)c(OC)c2)cc1C. The number of anilines is 1. The van der Waals surface area contributed by atoms with Crippen molar-refractivity contribution in [1.29, 1.82) is 0 Å². The minimum Gasteiger partial charge on any atom is -0.507 e. The van der Waals surface area contributed by atoms with Crippen LogP contribution in [-0.4, -0.2) is 45.2 Å². The van der Waals surface area contributed by atoms with Crippen molar-refractivity contribution in [2.45, 2.75) is 13.0 Å². The zero-order valence-electron chi connectivity index (χ0n) is 21.0. The number of amides is 1. The number of aryl methyl sites for hydroxylation is 1. The van der Waals surface area contributed by atoms with Gasteiger partial charge in [-0.05, 0) is 66.6 Å². The van der Waals surface area contributed by atoms with Crippen LogP contribution in [0.15, 0.2) is 60.2 Å². The maximum atomic E-state index is 14.2. The molecule has 0 saturated carbocycles. The van der Waals surface area contributed by atoms with Gasteiger partial charge in [-0.1, -0.05) is 6.07 Å². The number of aliphatic hydroxyl groups is 1. The van der Waals surface area contributed by atoms with E-state index in [1.165, 1.54) is 46.6 Å². The summed E-state index contributed by atoms with van der Waals surface area (Å²) in [6.07, 6.45) is 0. The highest BCUT2D eigenvalue weighted by molar-refractivity contribution is 6.51. The fourth-order valence-corrected chi connectivity index (χ4v) is 4.48. The zero-order chi connectivity index (χ0) is 26.9. The van der Waals surface area contributed by atoms with Crippen LogP contribution in [0.4, 0.5) is 10.1 Å². The number of rotatable bonds is 7. The Balaban J connectivity index is 2.02. The molecule has 0 radical (unpaired) electrons. The van der Waals surface area contributed by atoms with Crippen LogP contribution in [0.2, 0.25) is 0 Å². The molecule has 1 unspecified atom stereocenters. The van der Waals surface area contributed by atoms with Gasteiger partial charge in [-0.3, -0.25) is 14.5 Å². The van der Waals surface area contributed by atoms with E-state index in [0.29, 0.717) is 22.6 Å². The van der Waals surface area contributed by atoms with E-state index in [2.05, 4.69) is 0 Å². The number of carbonyl (C=O) groups excluding carboxylic acids is 2. The Morgan fingerprint density at radius 3 is 2.05 bits per heavy atom. The molecule has 0 spiro atoms. The minimum atomic E-state index is -1.13. The summed E-state index contributed by atoms with van der Waals surface area (Å²) >= 11 is 0. The minimum absolute atomic E-state index is 0.144. The topological polar surface area (TPSA) is 94.5 Å². The molecule has 1 amide bonds. The Morgan fingerprint density at radius 1 is 0.865 bits per heavy atom. The largest absolute Gasteiger partial charge is 0.507 e. The summed E-state index contributed by atoms with van der Waals surface area (Å²) in [6.45, 7) is 1.79. The van der Waals surface area contributed by atoms with Gasteiger partial charge in [0.2, 0.25) is 5.75 Å². The Labute approximate surface area is 213 Å². The van der Waals surface area contributed by atoms with E-state index in [0.717, 1.165) is 16.5 Å². The third-order valence-corrected chi connectivity index (χ3v) is 6.20. The molecule has 0 bridgehead atoms. The molecule has 9 heteroatoms. The van der Waals surface area contributed by atoms with Gasteiger partial charge in [0.05, 0.1) is 40.1 Å². The van der Waals surface area contributed by atoms with Crippen LogP contribution >= 0.6 is 0 Å². The Kier molecular flexibility index (Phi) is 7.06. The lowest BCUT2D eigenvalue weighted by Gasteiger charge is -2.26. The molecule has 1 atom stereocenters. The first kappa shape index (κ1) is 25.6. The van der Waals surface area contributed by atoms with Crippen LogP contribution in [0.3, 0.4) is 0 Å². The third-order valence-electron chi connectivity index (χ3n) is 6.20. The molecule has 1 aliphatic rings. The normalized spacial score (nSPS) is 16.6. The first-order valence-corrected chi connectivity index (χ1v) is 11.3. The fourth-order valence-electron chi connectivity index (χ4n) is 4.48. The molecular weight excluding hydrogens is 481 g/mol. The van der Waals surface area contributed by atoms with Gasteiger partial charge in [-0.15, -0.1) is 0 Å². The molecular formula is C28H26FNO7. The maximum absolute atomic E-state index is 14.2. The van der Waals surface area contributed by atoms with E-state index in [9.17, 15) is 19.1 Å². The molecule has 1 heterocycles. The average molecular weight is 508 g/mol. The average Bonchev–Trinajstić information content (AvgIpc) is 3.17. The highest BCUT2D eigenvalue weighted by Crippen LogP contribution is 2.47. The standard InChI is InChI=1S/C28H26FNO7/c1-15-11-16(9-10-20(15)34-2)25(31)23-24(17-12-21(35-3)27(37-5)22(13-17)36-4)30(28(33)26(23)32)19-8-6-7-18(29)14-19/h6-14,24,31H,1-5H3/b25-23+. The first-order chi connectivity index (χ1) is 17.7. The summed E-state index contributed by atoms with van der Waals surface area (Å²) in [7, 11) is 5.84. The van der Waals surface area contributed by atoms with E-state index < -0.39 is 23.5 Å². The molecule has 37 heavy (non-hydrogen) atoms. The quantitative estimate of drug-likeness (QED) is 0.279. The predicted octanol–water partition coefficient (Wildman–Crippen LogP) is 4.79. The summed E-state index contributed by atoms with van der Waals surface area (Å²) in [5, 5.41) is 11.4. The van der Waals surface area contributed by atoms with Crippen LogP contribution < -0.4 is 23.8 Å². The molecule has 3 aromatic rings. The van der Waals surface area contributed by atoms with Gasteiger partial charge in [0.1, 0.15) is 17.3 Å². The van der Waals surface area contributed by atoms with Crippen molar-refractivity contribution >= 4 is 23.1 Å². The first-order valence-electron chi connectivity index (χ1n) is 11.3. The van der Waals surface area contributed by atoms with Crippen LogP contribution in [0.1, 0.15) is 22.7 Å². The van der Waals surface area contributed by atoms with Crippen molar-refractivity contribution in [1.82, 2.24) is 0 Å². The van der Waals surface area contributed by atoms with Gasteiger partial charge in [-0.25, -0.2) is 4.39 Å². The highest BCUT2D eigenvalue weighted by Gasteiger charge is 2.47. The second kappa shape index (κ2) is 10.2. The summed E-state index contributed by atoms with van der Waals surface area (Å²) in [5.41, 5.74) is 1.38. The summed E-state index contributed by atoms with van der Waals surface area (Å²) in [4.78, 5) is 27.9. The number of hydrogen-bond acceptors (Lipinski definition) is 7. The molecule has 3 aromatic carbocycles. The van der Waals surface area contributed by atoms with Crippen LogP contribution in [0.5, 0.6) is 23.0 Å². The van der Waals surface area contributed by atoms with Crippen molar-refractivity contribution in [3.63, 3.8) is 0 Å². The molecule has 1 aliphatic heterocycles. The number of methoxy groups -OCH3 is 4. The lowest BCUT2D eigenvalue weighted by atomic mass is 9.94. The van der Waals surface area contributed by atoms with E-state index in [-0.39, 0.29) is 28.5 Å². The van der Waals surface area contributed by atoms with Crippen molar-refractivity contribution in [3.05, 3.63) is 82.7 Å². The molecule has 8 nitrogen and oxygen atoms in total. The zero-order valence-corrected chi connectivity index (χ0v) is 21.0. The van der Waals surface area contributed by atoms with Gasteiger partial charge in [0, 0.05) is 11.3 Å². The second-order valence-electron chi connectivity index (χ2n) is 8.29. The van der Waals surface area contributed by atoms with Crippen molar-refractivity contribution in [3.8, 4) is 23.0 Å². The monoisotopic (exact) mass is 507 g/mol. The number of ketones is 1. The lowest BCUT2D eigenvalue weighted by molar-refractivity contribution is -0.132. The smallest absolute Gasteiger partial charge is 0.300 e. The Morgan fingerprint density at radius 2 is 1.51 bits per heavy atom. The van der Waals surface area contributed by atoms with Gasteiger partial charge in [-0.2, -0.15) is 0 Å². The predicted molar refractivity (Wildman–Crippen MR) is 135 cm³/mol. The van der Waals surface area contributed by atoms with Gasteiger partial charge < -0.3 is 24.1 Å². The van der Waals surface area contributed by atoms with Gasteiger partial charge in [0.15, 0.2) is 11.5 Å². The second-order valence-corrected chi connectivity index (χ2v) is 8.29. The number of benzene rings is 3. The van der Waals surface area contributed by atoms with E-state index >= 15 is 0 Å².